The van der Waals surface area contributed by atoms with Gasteiger partial charge in [0.15, 0.2) is 0 Å². The number of rotatable bonds is 3. The SMILES string of the molecule is C=C(CF)C1(C)COCC(OC)C1C.CC. The molecule has 96 valence electrons. The van der Waals surface area contributed by atoms with Gasteiger partial charge in [0, 0.05) is 12.5 Å². The Balaban J connectivity index is 0.00000106. The van der Waals surface area contributed by atoms with Gasteiger partial charge in [0.05, 0.1) is 19.3 Å². The Morgan fingerprint density at radius 2 is 2.12 bits per heavy atom. The lowest BCUT2D eigenvalue weighted by atomic mass is 9.70. The molecular weight excluding hydrogens is 207 g/mol. The second-order valence-corrected chi connectivity index (χ2v) is 4.23. The highest BCUT2D eigenvalue weighted by atomic mass is 19.1. The van der Waals surface area contributed by atoms with Crippen LogP contribution in [-0.4, -0.2) is 33.1 Å². The Kier molecular flexibility index (Phi) is 6.84. The molecule has 0 aromatic rings. The number of hydrogen-bond acceptors (Lipinski definition) is 2. The van der Waals surface area contributed by atoms with Gasteiger partial charge in [0.1, 0.15) is 6.67 Å². The maximum atomic E-state index is 12.6. The summed E-state index contributed by atoms with van der Waals surface area (Å²) in [5.74, 6) is 0.240. The highest BCUT2D eigenvalue weighted by molar-refractivity contribution is 5.13. The fourth-order valence-electron chi connectivity index (χ4n) is 1.92. The van der Waals surface area contributed by atoms with E-state index in [-0.39, 0.29) is 17.4 Å². The van der Waals surface area contributed by atoms with Crippen LogP contribution in [0.4, 0.5) is 4.39 Å². The first-order valence-electron chi connectivity index (χ1n) is 5.91. The van der Waals surface area contributed by atoms with Crippen LogP contribution >= 0.6 is 0 Å². The van der Waals surface area contributed by atoms with Crippen LogP contribution in [0.5, 0.6) is 0 Å². The molecule has 3 heteroatoms. The van der Waals surface area contributed by atoms with E-state index in [4.69, 9.17) is 9.47 Å². The predicted molar refractivity (Wildman–Crippen MR) is 65.4 cm³/mol. The molecule has 1 rings (SSSR count). The Labute approximate surface area is 98.8 Å². The monoisotopic (exact) mass is 232 g/mol. The van der Waals surface area contributed by atoms with E-state index in [1.165, 1.54) is 0 Å². The van der Waals surface area contributed by atoms with Crippen LogP contribution in [0.25, 0.3) is 0 Å². The summed E-state index contributed by atoms with van der Waals surface area (Å²) in [5.41, 5.74) is 0.306. The van der Waals surface area contributed by atoms with Gasteiger partial charge < -0.3 is 9.47 Å². The summed E-state index contributed by atoms with van der Waals surface area (Å²) in [6, 6.07) is 0. The lowest BCUT2D eigenvalue weighted by Crippen LogP contribution is -2.47. The topological polar surface area (TPSA) is 18.5 Å². The Hall–Kier alpha value is -0.410. The standard InChI is InChI=1S/C11H19FO2.C2H6/c1-8(5-12)11(3)7-14-6-10(13-4)9(11)2;1-2/h9-10H,1,5-7H2,2-4H3;1-2H3. The molecule has 0 bridgehead atoms. The van der Waals surface area contributed by atoms with Gasteiger partial charge in [-0.3, -0.25) is 0 Å². The Bertz CT molecular complexity index is 218. The van der Waals surface area contributed by atoms with Crippen LogP contribution in [0.1, 0.15) is 27.7 Å². The van der Waals surface area contributed by atoms with Gasteiger partial charge in [0.25, 0.3) is 0 Å². The van der Waals surface area contributed by atoms with Crippen molar-refractivity contribution in [3.8, 4) is 0 Å². The number of hydrogen-bond donors (Lipinski definition) is 0. The van der Waals surface area contributed by atoms with Crippen LogP contribution in [0.15, 0.2) is 12.2 Å². The molecule has 0 aromatic carbocycles. The summed E-state index contributed by atoms with van der Waals surface area (Å²) < 4.78 is 23.4. The van der Waals surface area contributed by atoms with Crippen molar-refractivity contribution >= 4 is 0 Å². The van der Waals surface area contributed by atoms with Crippen molar-refractivity contribution < 1.29 is 13.9 Å². The third-order valence-corrected chi connectivity index (χ3v) is 3.52. The molecule has 0 N–H and O–H groups in total. The second kappa shape index (κ2) is 7.02. The maximum absolute atomic E-state index is 12.6. The fourth-order valence-corrected chi connectivity index (χ4v) is 1.92. The van der Waals surface area contributed by atoms with E-state index >= 15 is 0 Å². The Morgan fingerprint density at radius 1 is 1.56 bits per heavy atom. The summed E-state index contributed by atoms with van der Waals surface area (Å²) in [5, 5.41) is 0. The molecule has 1 aliphatic rings. The van der Waals surface area contributed by atoms with E-state index in [1.54, 1.807) is 7.11 Å². The fraction of sp³-hybridized carbons (Fsp3) is 0.846. The van der Waals surface area contributed by atoms with Gasteiger partial charge in [-0.05, 0) is 11.5 Å². The first-order chi connectivity index (χ1) is 7.56. The molecule has 1 aliphatic heterocycles. The summed E-state index contributed by atoms with van der Waals surface area (Å²) in [7, 11) is 1.66. The van der Waals surface area contributed by atoms with Crippen LogP contribution < -0.4 is 0 Å². The number of methoxy groups -OCH3 is 1. The van der Waals surface area contributed by atoms with Crippen LogP contribution in [-0.2, 0) is 9.47 Å². The molecule has 2 nitrogen and oxygen atoms in total. The molecule has 3 unspecified atom stereocenters. The summed E-state index contributed by atoms with van der Waals surface area (Å²) in [6.07, 6.45) is 0.0389. The largest absolute Gasteiger partial charge is 0.379 e. The van der Waals surface area contributed by atoms with E-state index in [1.807, 2.05) is 20.8 Å². The number of alkyl halides is 1. The molecule has 3 atom stereocenters. The van der Waals surface area contributed by atoms with Crippen molar-refractivity contribution in [1.29, 1.82) is 0 Å². The lowest BCUT2D eigenvalue weighted by molar-refractivity contribution is -0.116. The first-order valence-corrected chi connectivity index (χ1v) is 5.91. The molecule has 0 saturated carbocycles. The predicted octanol–water partition coefficient (Wildman–Crippen LogP) is 3.23. The molecule has 0 radical (unpaired) electrons. The van der Waals surface area contributed by atoms with Crippen LogP contribution in [0.3, 0.4) is 0 Å². The van der Waals surface area contributed by atoms with Crippen molar-refractivity contribution in [3.63, 3.8) is 0 Å². The number of ether oxygens (including phenoxy) is 2. The van der Waals surface area contributed by atoms with E-state index < -0.39 is 6.67 Å². The quantitative estimate of drug-likeness (QED) is 0.696. The first kappa shape index (κ1) is 15.6. The van der Waals surface area contributed by atoms with Crippen LogP contribution in [0, 0.1) is 11.3 Å². The summed E-state index contributed by atoms with van der Waals surface area (Å²) in [4.78, 5) is 0. The molecule has 1 heterocycles. The maximum Gasteiger partial charge on any atom is 0.111 e. The highest BCUT2D eigenvalue weighted by Crippen LogP contribution is 2.40. The minimum Gasteiger partial charge on any atom is -0.379 e. The lowest BCUT2D eigenvalue weighted by Gasteiger charge is -2.44. The normalized spacial score (nSPS) is 33.9. The van der Waals surface area contributed by atoms with E-state index in [0.29, 0.717) is 18.8 Å². The van der Waals surface area contributed by atoms with Crippen LogP contribution in [0.2, 0.25) is 0 Å². The van der Waals surface area contributed by atoms with Gasteiger partial charge in [-0.1, -0.05) is 34.3 Å². The zero-order valence-corrected chi connectivity index (χ0v) is 11.2. The zero-order valence-electron chi connectivity index (χ0n) is 11.2. The third-order valence-electron chi connectivity index (χ3n) is 3.52. The minimum absolute atomic E-state index is 0.0389. The van der Waals surface area contributed by atoms with Crippen molar-refractivity contribution in [2.75, 3.05) is 27.0 Å². The van der Waals surface area contributed by atoms with E-state index in [0.717, 1.165) is 0 Å². The molecule has 1 saturated heterocycles. The third kappa shape index (κ3) is 3.05. The van der Waals surface area contributed by atoms with Crippen molar-refractivity contribution in [1.82, 2.24) is 0 Å². The molecule has 1 fully saturated rings. The van der Waals surface area contributed by atoms with Crippen molar-refractivity contribution in [2.24, 2.45) is 11.3 Å². The molecular formula is C13H25FO2. The second-order valence-electron chi connectivity index (χ2n) is 4.23. The van der Waals surface area contributed by atoms with E-state index in [9.17, 15) is 4.39 Å². The molecule has 16 heavy (non-hydrogen) atoms. The van der Waals surface area contributed by atoms with Gasteiger partial charge in [-0.15, -0.1) is 0 Å². The highest BCUT2D eigenvalue weighted by Gasteiger charge is 2.42. The van der Waals surface area contributed by atoms with Gasteiger partial charge in [-0.25, -0.2) is 4.39 Å². The van der Waals surface area contributed by atoms with Gasteiger partial charge in [0.2, 0.25) is 0 Å². The molecule has 0 aliphatic carbocycles. The average Bonchev–Trinajstić information content (AvgIpc) is 2.34. The van der Waals surface area contributed by atoms with Gasteiger partial charge in [-0.2, -0.15) is 0 Å². The van der Waals surface area contributed by atoms with Crippen molar-refractivity contribution in [3.05, 3.63) is 12.2 Å². The van der Waals surface area contributed by atoms with E-state index in [2.05, 4.69) is 13.5 Å². The molecule has 0 amide bonds. The van der Waals surface area contributed by atoms with Crippen molar-refractivity contribution in [2.45, 2.75) is 33.8 Å². The van der Waals surface area contributed by atoms with Gasteiger partial charge >= 0.3 is 0 Å². The summed E-state index contributed by atoms with van der Waals surface area (Å²) >= 11 is 0. The average molecular weight is 232 g/mol. The Morgan fingerprint density at radius 3 is 2.56 bits per heavy atom. The molecule has 0 spiro atoms. The summed E-state index contributed by atoms with van der Waals surface area (Å²) in [6.45, 7) is 12.5. The zero-order chi connectivity index (χ0) is 12.8. The smallest absolute Gasteiger partial charge is 0.111 e. The molecule has 0 aromatic heterocycles. The number of halogens is 1. The minimum atomic E-state index is -0.485.